The van der Waals surface area contributed by atoms with E-state index in [9.17, 15) is 4.79 Å². The number of carbonyl (C=O) groups is 1. The van der Waals surface area contributed by atoms with E-state index in [-0.39, 0.29) is 24.6 Å². The van der Waals surface area contributed by atoms with Gasteiger partial charge in [-0.05, 0) is 19.8 Å². The van der Waals surface area contributed by atoms with Crippen molar-refractivity contribution in [1.29, 1.82) is 0 Å². The summed E-state index contributed by atoms with van der Waals surface area (Å²) < 4.78 is 5.04. The molecule has 5 heteroatoms. The Kier molecular flexibility index (Phi) is 11.0. The molecule has 0 aliphatic heterocycles. The Morgan fingerprint density at radius 3 is 2.67 bits per heavy atom. The Bertz CT molecular complexity index is 206. The fourth-order valence-corrected chi connectivity index (χ4v) is 1.74. The van der Waals surface area contributed by atoms with Gasteiger partial charge in [0.05, 0.1) is 12.6 Å². The molecule has 18 heavy (non-hydrogen) atoms. The SMILES string of the molecule is CCCCCNC(=O)C(C)NC(CCO)COC. The van der Waals surface area contributed by atoms with Gasteiger partial charge in [-0.3, -0.25) is 4.79 Å². The maximum absolute atomic E-state index is 11.8. The van der Waals surface area contributed by atoms with Crippen molar-refractivity contribution < 1.29 is 14.6 Å². The molecule has 0 saturated carbocycles. The Hall–Kier alpha value is -0.650. The first-order chi connectivity index (χ1) is 8.65. The number of aliphatic hydroxyl groups is 1. The summed E-state index contributed by atoms with van der Waals surface area (Å²) in [4.78, 5) is 11.8. The van der Waals surface area contributed by atoms with E-state index in [0.29, 0.717) is 13.0 Å². The minimum Gasteiger partial charge on any atom is -0.396 e. The zero-order chi connectivity index (χ0) is 13.8. The van der Waals surface area contributed by atoms with E-state index < -0.39 is 0 Å². The standard InChI is InChI=1S/C13H28N2O3/c1-4-5-6-8-14-13(17)11(2)15-12(7-9-16)10-18-3/h11-12,15-16H,4-10H2,1-3H3,(H,14,17). The molecule has 0 bridgehead atoms. The lowest BCUT2D eigenvalue weighted by atomic mass is 10.2. The van der Waals surface area contributed by atoms with Gasteiger partial charge in [-0.25, -0.2) is 0 Å². The van der Waals surface area contributed by atoms with E-state index in [1.165, 1.54) is 0 Å². The fourth-order valence-electron chi connectivity index (χ4n) is 1.74. The van der Waals surface area contributed by atoms with E-state index in [1.807, 2.05) is 6.92 Å². The van der Waals surface area contributed by atoms with Crippen LogP contribution in [0.15, 0.2) is 0 Å². The lowest BCUT2D eigenvalue weighted by Crippen LogP contribution is -2.48. The predicted octanol–water partition coefficient (Wildman–Crippen LogP) is 0.668. The van der Waals surface area contributed by atoms with Crippen molar-refractivity contribution in [3.8, 4) is 0 Å². The number of ether oxygens (including phenoxy) is 1. The molecule has 5 nitrogen and oxygen atoms in total. The number of amides is 1. The third-order valence-corrected chi connectivity index (χ3v) is 2.80. The highest BCUT2D eigenvalue weighted by atomic mass is 16.5. The second kappa shape index (κ2) is 11.4. The van der Waals surface area contributed by atoms with Gasteiger partial charge >= 0.3 is 0 Å². The molecule has 0 rings (SSSR count). The van der Waals surface area contributed by atoms with Crippen molar-refractivity contribution in [1.82, 2.24) is 10.6 Å². The molecule has 0 aromatic rings. The zero-order valence-corrected chi connectivity index (χ0v) is 11.9. The number of rotatable bonds is 11. The van der Waals surface area contributed by atoms with Crippen molar-refractivity contribution in [3.63, 3.8) is 0 Å². The lowest BCUT2D eigenvalue weighted by molar-refractivity contribution is -0.123. The predicted molar refractivity (Wildman–Crippen MR) is 72.5 cm³/mol. The van der Waals surface area contributed by atoms with Crippen LogP contribution < -0.4 is 10.6 Å². The number of aliphatic hydroxyl groups excluding tert-OH is 1. The summed E-state index contributed by atoms with van der Waals surface area (Å²) in [5, 5.41) is 15.0. The zero-order valence-electron chi connectivity index (χ0n) is 11.9. The van der Waals surface area contributed by atoms with Gasteiger partial charge in [0.15, 0.2) is 0 Å². The summed E-state index contributed by atoms with van der Waals surface area (Å²) in [6, 6.07) is -0.255. The molecule has 0 aromatic carbocycles. The molecule has 3 N–H and O–H groups in total. The smallest absolute Gasteiger partial charge is 0.236 e. The molecule has 2 unspecified atom stereocenters. The minimum absolute atomic E-state index is 0.00476. The Morgan fingerprint density at radius 1 is 1.39 bits per heavy atom. The highest BCUT2D eigenvalue weighted by Crippen LogP contribution is 1.96. The normalized spacial score (nSPS) is 14.2. The quantitative estimate of drug-likeness (QED) is 0.478. The van der Waals surface area contributed by atoms with Crippen LogP contribution in [0.5, 0.6) is 0 Å². The van der Waals surface area contributed by atoms with Crippen molar-refractivity contribution in [2.45, 2.75) is 51.6 Å². The van der Waals surface area contributed by atoms with E-state index >= 15 is 0 Å². The van der Waals surface area contributed by atoms with Gasteiger partial charge in [-0.15, -0.1) is 0 Å². The van der Waals surface area contributed by atoms with Gasteiger partial charge in [-0.1, -0.05) is 19.8 Å². The number of hydrogen-bond donors (Lipinski definition) is 3. The molecule has 0 aliphatic carbocycles. The molecule has 0 saturated heterocycles. The van der Waals surface area contributed by atoms with Crippen LogP contribution >= 0.6 is 0 Å². The maximum atomic E-state index is 11.8. The van der Waals surface area contributed by atoms with E-state index in [1.54, 1.807) is 7.11 Å². The van der Waals surface area contributed by atoms with Gasteiger partial charge in [0, 0.05) is 26.3 Å². The number of methoxy groups -OCH3 is 1. The van der Waals surface area contributed by atoms with Crippen LogP contribution in [0.25, 0.3) is 0 Å². The second-order valence-corrected chi connectivity index (χ2v) is 4.55. The average Bonchev–Trinajstić information content (AvgIpc) is 2.35. The molecule has 2 atom stereocenters. The molecule has 0 spiro atoms. The van der Waals surface area contributed by atoms with Crippen LogP contribution in [0.2, 0.25) is 0 Å². The Morgan fingerprint density at radius 2 is 2.11 bits per heavy atom. The van der Waals surface area contributed by atoms with E-state index in [4.69, 9.17) is 9.84 Å². The van der Waals surface area contributed by atoms with Crippen LogP contribution in [0.3, 0.4) is 0 Å². The lowest BCUT2D eigenvalue weighted by Gasteiger charge is -2.21. The molecule has 108 valence electrons. The monoisotopic (exact) mass is 260 g/mol. The van der Waals surface area contributed by atoms with E-state index in [2.05, 4.69) is 17.6 Å². The highest BCUT2D eigenvalue weighted by molar-refractivity contribution is 5.81. The second-order valence-electron chi connectivity index (χ2n) is 4.55. The molecular formula is C13H28N2O3. The van der Waals surface area contributed by atoms with Crippen LogP contribution in [-0.4, -0.2) is 50.0 Å². The molecule has 0 fully saturated rings. The summed E-state index contributed by atoms with van der Waals surface area (Å²) in [7, 11) is 1.61. The summed E-state index contributed by atoms with van der Waals surface area (Å²) in [5.41, 5.74) is 0. The third-order valence-electron chi connectivity index (χ3n) is 2.80. The van der Waals surface area contributed by atoms with E-state index in [0.717, 1.165) is 25.8 Å². The van der Waals surface area contributed by atoms with Crippen LogP contribution in [0, 0.1) is 0 Å². The molecular weight excluding hydrogens is 232 g/mol. The van der Waals surface area contributed by atoms with Crippen LogP contribution in [-0.2, 0) is 9.53 Å². The third kappa shape index (κ3) is 8.44. The van der Waals surface area contributed by atoms with Crippen LogP contribution in [0.1, 0.15) is 39.5 Å². The van der Waals surface area contributed by atoms with Gasteiger partial charge in [0.25, 0.3) is 0 Å². The molecule has 1 amide bonds. The highest BCUT2D eigenvalue weighted by Gasteiger charge is 2.16. The number of hydrogen-bond acceptors (Lipinski definition) is 4. The van der Waals surface area contributed by atoms with Gasteiger partial charge in [0.1, 0.15) is 0 Å². The topological polar surface area (TPSA) is 70.6 Å². The van der Waals surface area contributed by atoms with Gasteiger partial charge in [-0.2, -0.15) is 0 Å². The summed E-state index contributed by atoms with van der Waals surface area (Å²) in [6.45, 7) is 5.28. The Balaban J connectivity index is 3.88. The van der Waals surface area contributed by atoms with Gasteiger partial charge in [0.2, 0.25) is 5.91 Å². The van der Waals surface area contributed by atoms with Crippen molar-refractivity contribution in [3.05, 3.63) is 0 Å². The number of carbonyl (C=O) groups excluding carboxylic acids is 1. The largest absolute Gasteiger partial charge is 0.396 e. The Labute approximate surface area is 110 Å². The molecule has 0 aliphatic rings. The number of unbranched alkanes of at least 4 members (excludes halogenated alkanes) is 2. The summed E-state index contributed by atoms with van der Waals surface area (Å²) >= 11 is 0. The molecule has 0 aromatic heterocycles. The minimum atomic E-state index is -0.265. The average molecular weight is 260 g/mol. The molecule has 0 radical (unpaired) electrons. The van der Waals surface area contributed by atoms with Crippen LogP contribution in [0.4, 0.5) is 0 Å². The van der Waals surface area contributed by atoms with Crippen molar-refractivity contribution >= 4 is 5.91 Å². The molecule has 0 heterocycles. The fraction of sp³-hybridized carbons (Fsp3) is 0.923. The first-order valence-corrected chi connectivity index (χ1v) is 6.79. The van der Waals surface area contributed by atoms with Gasteiger partial charge < -0.3 is 20.5 Å². The first kappa shape index (κ1) is 17.4. The van der Waals surface area contributed by atoms with Crippen molar-refractivity contribution in [2.75, 3.05) is 26.9 Å². The maximum Gasteiger partial charge on any atom is 0.236 e. The summed E-state index contributed by atoms with van der Waals surface area (Å²) in [5.74, 6) is 0.00476. The van der Waals surface area contributed by atoms with Crippen molar-refractivity contribution in [2.24, 2.45) is 0 Å². The number of nitrogens with one attached hydrogen (secondary N) is 2. The summed E-state index contributed by atoms with van der Waals surface area (Å²) in [6.07, 6.45) is 3.89. The first-order valence-electron chi connectivity index (χ1n) is 6.79.